The van der Waals surface area contributed by atoms with Crippen molar-refractivity contribution in [3.05, 3.63) is 35.9 Å². The molecule has 0 amide bonds. The number of Topliss-reactive ketones (excluding diaryl/α,β-unsaturated/α-hetero) is 1. The van der Waals surface area contributed by atoms with E-state index in [0.717, 1.165) is 25.0 Å². The second-order valence-electron chi connectivity index (χ2n) is 5.25. The molecule has 0 N–H and O–H groups in total. The average molecular weight is 232 g/mol. The molecule has 0 spiro atoms. The SMILES string of the molecule is CC(C)(C(=O)CC1CCCO1)c1ccccc1. The van der Waals surface area contributed by atoms with Crippen LogP contribution in [0, 0.1) is 0 Å². The zero-order valence-electron chi connectivity index (χ0n) is 10.6. The van der Waals surface area contributed by atoms with Crippen LogP contribution in [0.3, 0.4) is 0 Å². The summed E-state index contributed by atoms with van der Waals surface area (Å²) in [5, 5.41) is 0. The lowest BCUT2D eigenvalue weighted by Crippen LogP contribution is -2.31. The maximum Gasteiger partial charge on any atom is 0.145 e. The molecule has 17 heavy (non-hydrogen) atoms. The van der Waals surface area contributed by atoms with Gasteiger partial charge in [0.05, 0.1) is 6.10 Å². The van der Waals surface area contributed by atoms with Crippen molar-refractivity contribution in [2.75, 3.05) is 6.61 Å². The van der Waals surface area contributed by atoms with E-state index in [-0.39, 0.29) is 11.9 Å². The summed E-state index contributed by atoms with van der Waals surface area (Å²) in [6, 6.07) is 9.98. The van der Waals surface area contributed by atoms with Crippen LogP contribution in [-0.4, -0.2) is 18.5 Å². The molecule has 0 bridgehead atoms. The fourth-order valence-corrected chi connectivity index (χ4v) is 2.28. The number of rotatable bonds is 4. The van der Waals surface area contributed by atoms with Crippen molar-refractivity contribution in [1.29, 1.82) is 0 Å². The molecular weight excluding hydrogens is 212 g/mol. The smallest absolute Gasteiger partial charge is 0.145 e. The Morgan fingerprint density at radius 2 is 2.06 bits per heavy atom. The Morgan fingerprint density at radius 1 is 1.35 bits per heavy atom. The highest BCUT2D eigenvalue weighted by molar-refractivity contribution is 5.89. The molecule has 1 fully saturated rings. The predicted molar refractivity (Wildman–Crippen MR) is 68.1 cm³/mol. The van der Waals surface area contributed by atoms with E-state index in [1.165, 1.54) is 0 Å². The lowest BCUT2D eigenvalue weighted by Gasteiger charge is -2.25. The third-order valence-corrected chi connectivity index (χ3v) is 3.63. The highest BCUT2D eigenvalue weighted by Crippen LogP contribution is 2.28. The fourth-order valence-electron chi connectivity index (χ4n) is 2.28. The van der Waals surface area contributed by atoms with Crippen molar-refractivity contribution in [3.63, 3.8) is 0 Å². The van der Waals surface area contributed by atoms with Gasteiger partial charge in [-0.15, -0.1) is 0 Å². The summed E-state index contributed by atoms with van der Waals surface area (Å²) in [6.07, 6.45) is 2.80. The van der Waals surface area contributed by atoms with Crippen molar-refractivity contribution < 1.29 is 9.53 Å². The first-order chi connectivity index (χ1) is 8.10. The molecule has 1 heterocycles. The maximum atomic E-state index is 12.3. The van der Waals surface area contributed by atoms with Gasteiger partial charge in [-0.3, -0.25) is 4.79 Å². The van der Waals surface area contributed by atoms with Crippen LogP contribution >= 0.6 is 0 Å². The van der Waals surface area contributed by atoms with Crippen LogP contribution < -0.4 is 0 Å². The van der Waals surface area contributed by atoms with Crippen LogP contribution in [0.15, 0.2) is 30.3 Å². The van der Waals surface area contributed by atoms with Gasteiger partial charge in [0.2, 0.25) is 0 Å². The highest BCUT2D eigenvalue weighted by atomic mass is 16.5. The molecule has 1 aromatic rings. The van der Waals surface area contributed by atoms with Gasteiger partial charge in [0.15, 0.2) is 0 Å². The molecule has 2 rings (SSSR count). The molecule has 1 saturated heterocycles. The van der Waals surface area contributed by atoms with Crippen LogP contribution in [-0.2, 0) is 14.9 Å². The lowest BCUT2D eigenvalue weighted by atomic mass is 9.78. The molecule has 2 nitrogen and oxygen atoms in total. The molecule has 1 aliphatic heterocycles. The van der Waals surface area contributed by atoms with Crippen molar-refractivity contribution in [2.24, 2.45) is 0 Å². The Morgan fingerprint density at radius 3 is 2.65 bits per heavy atom. The van der Waals surface area contributed by atoms with Crippen LogP contribution in [0.2, 0.25) is 0 Å². The van der Waals surface area contributed by atoms with Gasteiger partial charge in [-0.05, 0) is 32.3 Å². The van der Waals surface area contributed by atoms with Gasteiger partial charge in [0.1, 0.15) is 5.78 Å². The second kappa shape index (κ2) is 5.01. The minimum atomic E-state index is -0.410. The summed E-state index contributed by atoms with van der Waals surface area (Å²) in [4.78, 5) is 12.3. The lowest BCUT2D eigenvalue weighted by molar-refractivity contribution is -0.125. The number of ether oxygens (including phenoxy) is 1. The topological polar surface area (TPSA) is 26.3 Å². The average Bonchev–Trinajstić information content (AvgIpc) is 2.83. The van der Waals surface area contributed by atoms with Gasteiger partial charge >= 0.3 is 0 Å². The van der Waals surface area contributed by atoms with Gasteiger partial charge < -0.3 is 4.74 Å². The summed E-state index contributed by atoms with van der Waals surface area (Å²) in [7, 11) is 0. The minimum absolute atomic E-state index is 0.144. The van der Waals surface area contributed by atoms with Crippen LogP contribution in [0.5, 0.6) is 0 Å². The summed E-state index contributed by atoms with van der Waals surface area (Å²) in [5.41, 5.74) is 0.677. The second-order valence-corrected chi connectivity index (χ2v) is 5.25. The monoisotopic (exact) mass is 232 g/mol. The van der Waals surface area contributed by atoms with E-state index in [9.17, 15) is 4.79 Å². The summed E-state index contributed by atoms with van der Waals surface area (Å²) in [6.45, 7) is 4.81. The van der Waals surface area contributed by atoms with E-state index < -0.39 is 5.41 Å². The Balaban J connectivity index is 2.06. The number of benzene rings is 1. The van der Waals surface area contributed by atoms with E-state index in [1.807, 2.05) is 44.2 Å². The van der Waals surface area contributed by atoms with Crippen molar-refractivity contribution in [2.45, 2.75) is 44.6 Å². The third-order valence-electron chi connectivity index (χ3n) is 3.63. The Hall–Kier alpha value is -1.15. The summed E-state index contributed by atoms with van der Waals surface area (Å²) < 4.78 is 5.53. The van der Waals surface area contributed by atoms with Crippen molar-refractivity contribution in [1.82, 2.24) is 0 Å². The molecule has 0 aliphatic carbocycles. The van der Waals surface area contributed by atoms with Crippen molar-refractivity contribution in [3.8, 4) is 0 Å². The Labute approximate surface area is 103 Å². The maximum absolute atomic E-state index is 12.3. The third kappa shape index (κ3) is 2.75. The zero-order chi connectivity index (χ0) is 12.3. The number of hydrogen-bond acceptors (Lipinski definition) is 2. The predicted octanol–water partition coefficient (Wildman–Crippen LogP) is 3.10. The van der Waals surface area contributed by atoms with E-state index in [2.05, 4.69) is 0 Å². The Kier molecular flexibility index (Phi) is 3.63. The van der Waals surface area contributed by atoms with E-state index >= 15 is 0 Å². The molecule has 1 aliphatic rings. The van der Waals surface area contributed by atoms with Crippen molar-refractivity contribution >= 4 is 5.78 Å². The molecule has 2 heteroatoms. The van der Waals surface area contributed by atoms with Crippen LogP contribution in [0.25, 0.3) is 0 Å². The van der Waals surface area contributed by atoms with Gasteiger partial charge in [-0.2, -0.15) is 0 Å². The number of carbonyl (C=O) groups is 1. The number of carbonyl (C=O) groups excluding carboxylic acids is 1. The zero-order valence-corrected chi connectivity index (χ0v) is 10.6. The summed E-state index contributed by atoms with van der Waals surface area (Å²) in [5.74, 6) is 0.274. The minimum Gasteiger partial charge on any atom is -0.378 e. The molecule has 1 aromatic carbocycles. The van der Waals surface area contributed by atoms with E-state index in [0.29, 0.717) is 6.42 Å². The van der Waals surface area contributed by atoms with E-state index in [1.54, 1.807) is 0 Å². The number of hydrogen-bond donors (Lipinski definition) is 0. The molecule has 1 atom stereocenters. The van der Waals surface area contributed by atoms with Gasteiger partial charge in [-0.1, -0.05) is 30.3 Å². The first kappa shape index (κ1) is 12.3. The molecule has 0 saturated carbocycles. The molecule has 0 radical (unpaired) electrons. The molecule has 0 aromatic heterocycles. The standard InChI is InChI=1S/C15H20O2/c1-15(2,12-7-4-3-5-8-12)14(16)11-13-9-6-10-17-13/h3-5,7-8,13H,6,9-11H2,1-2H3. The van der Waals surface area contributed by atoms with Gasteiger partial charge in [0, 0.05) is 18.4 Å². The molecular formula is C15H20O2. The Bertz CT molecular complexity index is 375. The van der Waals surface area contributed by atoms with Gasteiger partial charge in [-0.25, -0.2) is 0 Å². The first-order valence-corrected chi connectivity index (χ1v) is 6.31. The van der Waals surface area contributed by atoms with Crippen LogP contribution in [0.1, 0.15) is 38.7 Å². The van der Waals surface area contributed by atoms with E-state index in [4.69, 9.17) is 4.74 Å². The normalized spacial score (nSPS) is 20.5. The molecule has 92 valence electrons. The summed E-state index contributed by atoms with van der Waals surface area (Å²) >= 11 is 0. The quantitative estimate of drug-likeness (QED) is 0.797. The fraction of sp³-hybridized carbons (Fsp3) is 0.533. The molecule has 1 unspecified atom stereocenters. The number of ketones is 1. The highest BCUT2D eigenvalue weighted by Gasteiger charge is 2.32. The first-order valence-electron chi connectivity index (χ1n) is 6.31. The van der Waals surface area contributed by atoms with Gasteiger partial charge in [0.25, 0.3) is 0 Å². The largest absolute Gasteiger partial charge is 0.378 e. The van der Waals surface area contributed by atoms with Crippen LogP contribution in [0.4, 0.5) is 0 Å².